The van der Waals surface area contributed by atoms with Crippen LogP contribution < -0.4 is 0 Å². The number of halogens is 2. The quantitative estimate of drug-likeness (QED) is 0.475. The summed E-state index contributed by atoms with van der Waals surface area (Å²) in [5.41, 5.74) is 2.43. The maximum absolute atomic E-state index is 13.7. The van der Waals surface area contributed by atoms with Gasteiger partial charge in [0.2, 0.25) is 5.89 Å². The Morgan fingerprint density at radius 3 is 2.89 bits per heavy atom. The van der Waals surface area contributed by atoms with Crippen LogP contribution in [0.2, 0.25) is 0 Å². The Hall–Kier alpha value is -2.19. The molecule has 0 saturated carbocycles. The van der Waals surface area contributed by atoms with Crippen molar-refractivity contribution in [2.45, 2.75) is 19.3 Å². The normalized spacial score (nSPS) is 10.8. The molecule has 140 valence electrons. The number of esters is 1. The lowest BCUT2D eigenvalue weighted by atomic mass is 10.1. The summed E-state index contributed by atoms with van der Waals surface area (Å²) in [6, 6.07) is 12.5. The molecule has 1 aromatic heterocycles. The standard InChI is InChI=1S/C19H16BrFN2O3S/c1-12-3-2-4-13(7-12)19-23-22-17(26-19)9-25-18(24)11-27-10-14-5-6-15(20)8-16(14)21/h2-8H,9-11H2,1H3. The smallest absolute Gasteiger partial charge is 0.316 e. The Kier molecular flexibility index (Phi) is 6.63. The average molecular weight is 451 g/mol. The number of ether oxygens (including phenoxy) is 1. The van der Waals surface area contributed by atoms with Crippen LogP contribution in [0.3, 0.4) is 0 Å². The lowest BCUT2D eigenvalue weighted by Crippen LogP contribution is -2.07. The molecule has 0 saturated heterocycles. The molecule has 0 aliphatic heterocycles. The third-order valence-corrected chi connectivity index (χ3v) is 5.03. The third-order valence-electron chi connectivity index (χ3n) is 3.58. The van der Waals surface area contributed by atoms with Gasteiger partial charge in [0.15, 0.2) is 6.61 Å². The van der Waals surface area contributed by atoms with Gasteiger partial charge in [0.1, 0.15) is 5.82 Å². The van der Waals surface area contributed by atoms with E-state index in [1.165, 1.54) is 17.8 Å². The second-order valence-electron chi connectivity index (χ2n) is 5.76. The van der Waals surface area contributed by atoms with Crippen LogP contribution in [0.15, 0.2) is 51.4 Å². The summed E-state index contributed by atoms with van der Waals surface area (Å²) in [6.07, 6.45) is 0. The van der Waals surface area contributed by atoms with E-state index < -0.39 is 5.97 Å². The number of aromatic nitrogens is 2. The number of rotatable bonds is 7. The molecule has 0 N–H and O–H groups in total. The van der Waals surface area contributed by atoms with Crippen LogP contribution >= 0.6 is 27.7 Å². The first-order valence-electron chi connectivity index (χ1n) is 8.08. The summed E-state index contributed by atoms with van der Waals surface area (Å²) in [5, 5.41) is 7.85. The summed E-state index contributed by atoms with van der Waals surface area (Å²) in [6.45, 7) is 1.88. The molecule has 0 spiro atoms. The molecular weight excluding hydrogens is 435 g/mol. The Balaban J connectivity index is 1.45. The van der Waals surface area contributed by atoms with Crippen LogP contribution in [0.1, 0.15) is 17.0 Å². The highest BCUT2D eigenvalue weighted by Gasteiger charge is 2.12. The molecule has 3 rings (SSSR count). The highest BCUT2D eigenvalue weighted by atomic mass is 79.9. The number of thioether (sulfide) groups is 1. The predicted molar refractivity (Wildman–Crippen MR) is 105 cm³/mol. The lowest BCUT2D eigenvalue weighted by molar-refractivity contribution is -0.142. The van der Waals surface area contributed by atoms with Crippen molar-refractivity contribution < 1.29 is 18.3 Å². The van der Waals surface area contributed by atoms with Gasteiger partial charge in [0.25, 0.3) is 5.89 Å². The largest absolute Gasteiger partial charge is 0.455 e. The molecule has 0 aliphatic rings. The number of benzene rings is 2. The summed E-state index contributed by atoms with van der Waals surface area (Å²) < 4.78 is 25.0. The minimum atomic E-state index is -0.423. The maximum Gasteiger partial charge on any atom is 0.316 e. The van der Waals surface area contributed by atoms with Crippen molar-refractivity contribution in [1.82, 2.24) is 10.2 Å². The molecule has 0 amide bonds. The Morgan fingerprint density at radius 2 is 2.11 bits per heavy atom. The van der Waals surface area contributed by atoms with Crippen LogP contribution in [0.5, 0.6) is 0 Å². The molecule has 0 aliphatic carbocycles. The van der Waals surface area contributed by atoms with Crippen molar-refractivity contribution in [3.05, 3.63) is 69.8 Å². The van der Waals surface area contributed by atoms with Gasteiger partial charge >= 0.3 is 5.97 Å². The Labute approximate surface area is 168 Å². The van der Waals surface area contributed by atoms with Gasteiger partial charge in [0.05, 0.1) is 5.75 Å². The summed E-state index contributed by atoms with van der Waals surface area (Å²) in [7, 11) is 0. The molecule has 8 heteroatoms. The van der Waals surface area contributed by atoms with Crippen molar-refractivity contribution in [2.24, 2.45) is 0 Å². The van der Waals surface area contributed by atoms with Gasteiger partial charge in [0, 0.05) is 15.8 Å². The highest BCUT2D eigenvalue weighted by Crippen LogP contribution is 2.21. The fourth-order valence-electron chi connectivity index (χ4n) is 2.27. The number of carbonyl (C=O) groups excluding carboxylic acids is 1. The van der Waals surface area contributed by atoms with E-state index in [9.17, 15) is 9.18 Å². The zero-order valence-corrected chi connectivity index (χ0v) is 16.8. The van der Waals surface area contributed by atoms with Crippen molar-refractivity contribution in [2.75, 3.05) is 5.75 Å². The molecule has 27 heavy (non-hydrogen) atoms. The van der Waals surface area contributed by atoms with Crippen LogP contribution in [-0.2, 0) is 21.9 Å². The molecule has 3 aromatic rings. The molecule has 0 radical (unpaired) electrons. The van der Waals surface area contributed by atoms with Gasteiger partial charge < -0.3 is 9.15 Å². The molecule has 0 bridgehead atoms. The molecule has 2 aromatic carbocycles. The van der Waals surface area contributed by atoms with Gasteiger partial charge in [-0.15, -0.1) is 22.0 Å². The summed E-state index contributed by atoms with van der Waals surface area (Å²) in [5.74, 6) is 0.363. The van der Waals surface area contributed by atoms with Crippen molar-refractivity contribution >= 4 is 33.7 Å². The number of aryl methyl sites for hydroxylation is 1. The van der Waals surface area contributed by atoms with Gasteiger partial charge in [-0.25, -0.2) is 4.39 Å². The molecule has 1 heterocycles. The fourth-order valence-corrected chi connectivity index (χ4v) is 3.41. The number of carbonyl (C=O) groups is 1. The second-order valence-corrected chi connectivity index (χ2v) is 7.66. The van der Waals surface area contributed by atoms with E-state index in [1.54, 1.807) is 12.1 Å². The first-order chi connectivity index (χ1) is 13.0. The topological polar surface area (TPSA) is 65.2 Å². The SMILES string of the molecule is Cc1cccc(-c2nnc(COC(=O)CSCc3ccc(Br)cc3F)o2)c1. The number of nitrogens with zero attached hydrogens (tertiary/aromatic N) is 2. The monoisotopic (exact) mass is 450 g/mol. The minimum absolute atomic E-state index is 0.0924. The van der Waals surface area contributed by atoms with E-state index >= 15 is 0 Å². The zero-order valence-electron chi connectivity index (χ0n) is 14.4. The molecule has 0 fully saturated rings. The van der Waals surface area contributed by atoms with Gasteiger partial charge in [-0.05, 0) is 36.8 Å². The average Bonchev–Trinajstić information content (AvgIpc) is 3.11. The zero-order chi connectivity index (χ0) is 19.2. The molecule has 0 atom stereocenters. The second kappa shape index (κ2) is 9.14. The molecule has 5 nitrogen and oxygen atoms in total. The Bertz CT molecular complexity index is 948. The Morgan fingerprint density at radius 1 is 1.26 bits per heavy atom. The minimum Gasteiger partial charge on any atom is -0.455 e. The highest BCUT2D eigenvalue weighted by molar-refractivity contribution is 9.10. The summed E-state index contributed by atoms with van der Waals surface area (Å²) >= 11 is 4.49. The predicted octanol–water partition coefficient (Wildman–Crippen LogP) is 4.92. The number of hydrogen-bond donors (Lipinski definition) is 0. The van der Waals surface area contributed by atoms with Gasteiger partial charge in [-0.2, -0.15) is 0 Å². The van der Waals surface area contributed by atoms with Crippen LogP contribution in [-0.4, -0.2) is 21.9 Å². The van der Waals surface area contributed by atoms with Crippen LogP contribution in [0.4, 0.5) is 4.39 Å². The van der Waals surface area contributed by atoms with Crippen LogP contribution in [0.25, 0.3) is 11.5 Å². The van der Waals surface area contributed by atoms with Gasteiger partial charge in [-0.1, -0.05) is 39.7 Å². The van der Waals surface area contributed by atoms with E-state index in [-0.39, 0.29) is 24.1 Å². The van der Waals surface area contributed by atoms with Gasteiger partial charge in [-0.3, -0.25) is 4.79 Å². The third kappa shape index (κ3) is 5.64. The van der Waals surface area contributed by atoms with E-state index in [2.05, 4.69) is 26.1 Å². The maximum atomic E-state index is 13.7. The van der Waals surface area contributed by atoms with E-state index in [0.717, 1.165) is 11.1 Å². The van der Waals surface area contributed by atoms with E-state index in [1.807, 2.05) is 31.2 Å². The van der Waals surface area contributed by atoms with Crippen LogP contribution in [0, 0.1) is 12.7 Å². The van der Waals surface area contributed by atoms with E-state index in [4.69, 9.17) is 9.15 Å². The first kappa shape index (κ1) is 19.6. The molecule has 0 unspecified atom stereocenters. The summed E-state index contributed by atoms with van der Waals surface area (Å²) in [4.78, 5) is 11.8. The van der Waals surface area contributed by atoms with E-state index in [0.29, 0.717) is 21.7 Å². The van der Waals surface area contributed by atoms with Crippen molar-refractivity contribution in [1.29, 1.82) is 0 Å². The number of hydrogen-bond acceptors (Lipinski definition) is 6. The fraction of sp³-hybridized carbons (Fsp3) is 0.211. The molecular formula is C19H16BrFN2O3S. The first-order valence-corrected chi connectivity index (χ1v) is 10.0. The van der Waals surface area contributed by atoms with Crippen molar-refractivity contribution in [3.8, 4) is 11.5 Å². The van der Waals surface area contributed by atoms with Crippen molar-refractivity contribution in [3.63, 3.8) is 0 Å². The lowest BCUT2D eigenvalue weighted by Gasteiger charge is -2.04.